The van der Waals surface area contributed by atoms with Gasteiger partial charge in [0.25, 0.3) is 0 Å². The number of nitrogens with one attached hydrogen (secondary N) is 1. The van der Waals surface area contributed by atoms with Crippen LogP contribution in [0.15, 0.2) is 24.3 Å². The van der Waals surface area contributed by atoms with Gasteiger partial charge < -0.3 is 10.2 Å². The van der Waals surface area contributed by atoms with E-state index in [-0.39, 0.29) is 6.04 Å². The Morgan fingerprint density at radius 2 is 1.95 bits per heavy atom. The predicted octanol–water partition coefficient (Wildman–Crippen LogP) is 3.28. The molecule has 0 aliphatic carbocycles. The van der Waals surface area contributed by atoms with E-state index in [0.29, 0.717) is 24.8 Å². The monoisotopic (exact) mass is 272 g/mol. The van der Waals surface area contributed by atoms with E-state index in [2.05, 4.69) is 5.32 Å². The highest BCUT2D eigenvalue weighted by molar-refractivity contribution is 5.55. The maximum absolute atomic E-state index is 13.0. The van der Waals surface area contributed by atoms with Gasteiger partial charge in [-0.25, -0.2) is 0 Å². The van der Waals surface area contributed by atoms with Crippen molar-refractivity contribution in [1.82, 2.24) is 5.32 Å². The fourth-order valence-corrected chi connectivity index (χ4v) is 2.58. The Kier molecular flexibility index (Phi) is 4.04. The lowest BCUT2D eigenvalue weighted by Crippen LogP contribution is -2.37. The van der Waals surface area contributed by atoms with Crippen LogP contribution < -0.4 is 10.2 Å². The Morgan fingerprint density at radius 1 is 1.26 bits per heavy atom. The van der Waals surface area contributed by atoms with E-state index < -0.39 is 11.7 Å². The van der Waals surface area contributed by atoms with E-state index in [4.69, 9.17) is 0 Å². The summed E-state index contributed by atoms with van der Waals surface area (Å²) >= 11 is 0. The molecule has 0 amide bonds. The molecular formula is C14H19F3N2. The second-order valence-electron chi connectivity index (χ2n) is 5.27. The summed E-state index contributed by atoms with van der Waals surface area (Å²) in [6.07, 6.45) is -3.41. The molecule has 0 bridgehead atoms. The van der Waals surface area contributed by atoms with E-state index in [1.54, 1.807) is 12.1 Å². The van der Waals surface area contributed by atoms with Crippen LogP contribution in [0.1, 0.15) is 25.8 Å². The van der Waals surface area contributed by atoms with Crippen LogP contribution >= 0.6 is 0 Å². The molecule has 0 saturated carbocycles. The van der Waals surface area contributed by atoms with Crippen LogP contribution in [-0.4, -0.2) is 25.2 Å². The van der Waals surface area contributed by atoms with Gasteiger partial charge in [0.15, 0.2) is 0 Å². The minimum absolute atomic E-state index is 0.265. The Morgan fingerprint density at radius 3 is 2.58 bits per heavy atom. The average Bonchev–Trinajstić information content (AvgIpc) is 2.75. The molecule has 0 radical (unpaired) electrons. The maximum Gasteiger partial charge on any atom is 0.418 e. The lowest BCUT2D eigenvalue weighted by atomic mass is 10.1. The number of benzene rings is 1. The SMILES string of the molecule is CC(C)NC1CCN(c2ccccc2C(F)(F)F)C1. The standard InChI is InChI=1S/C14H19F3N2/c1-10(2)18-11-7-8-19(9-11)13-6-4-3-5-12(13)14(15,16)17/h3-6,10-11,18H,7-9H2,1-2H3. The summed E-state index contributed by atoms with van der Waals surface area (Å²) in [5.41, 5.74) is -0.247. The summed E-state index contributed by atoms with van der Waals surface area (Å²) in [7, 11) is 0. The fourth-order valence-electron chi connectivity index (χ4n) is 2.58. The van der Waals surface area contributed by atoms with Gasteiger partial charge in [-0.2, -0.15) is 13.2 Å². The third kappa shape index (κ3) is 3.41. The highest BCUT2D eigenvalue weighted by Gasteiger charge is 2.36. The minimum Gasteiger partial charge on any atom is -0.369 e. The largest absolute Gasteiger partial charge is 0.418 e. The molecule has 1 N–H and O–H groups in total. The van der Waals surface area contributed by atoms with Gasteiger partial charge in [0.05, 0.1) is 5.56 Å². The van der Waals surface area contributed by atoms with Crippen LogP contribution in [0.3, 0.4) is 0 Å². The van der Waals surface area contributed by atoms with Gasteiger partial charge in [-0.15, -0.1) is 0 Å². The van der Waals surface area contributed by atoms with E-state index in [9.17, 15) is 13.2 Å². The van der Waals surface area contributed by atoms with Crippen LogP contribution in [-0.2, 0) is 6.18 Å². The number of anilines is 1. The molecule has 1 heterocycles. The Hall–Kier alpha value is -1.23. The van der Waals surface area contributed by atoms with Gasteiger partial charge >= 0.3 is 6.18 Å². The van der Waals surface area contributed by atoms with Crippen molar-refractivity contribution in [3.05, 3.63) is 29.8 Å². The molecule has 1 aliphatic rings. The van der Waals surface area contributed by atoms with Crippen LogP contribution in [0.25, 0.3) is 0 Å². The van der Waals surface area contributed by atoms with Gasteiger partial charge in [0.1, 0.15) is 0 Å². The van der Waals surface area contributed by atoms with Crippen molar-refractivity contribution in [1.29, 1.82) is 0 Å². The lowest BCUT2D eigenvalue weighted by molar-refractivity contribution is -0.137. The molecule has 1 unspecified atom stereocenters. The number of hydrogen-bond acceptors (Lipinski definition) is 2. The quantitative estimate of drug-likeness (QED) is 0.908. The van der Waals surface area contributed by atoms with Crippen molar-refractivity contribution in [2.75, 3.05) is 18.0 Å². The minimum atomic E-state index is -4.29. The number of alkyl halides is 3. The molecule has 106 valence electrons. The van der Waals surface area contributed by atoms with Crippen LogP contribution in [0.5, 0.6) is 0 Å². The smallest absolute Gasteiger partial charge is 0.369 e. The summed E-state index contributed by atoms with van der Waals surface area (Å²) in [6.45, 7) is 5.39. The first-order chi connectivity index (χ1) is 8.88. The van der Waals surface area contributed by atoms with Gasteiger partial charge in [-0.1, -0.05) is 26.0 Å². The zero-order valence-corrected chi connectivity index (χ0v) is 11.2. The van der Waals surface area contributed by atoms with Crippen molar-refractivity contribution < 1.29 is 13.2 Å². The van der Waals surface area contributed by atoms with Crippen LogP contribution in [0, 0.1) is 0 Å². The number of hydrogen-bond donors (Lipinski definition) is 1. The summed E-state index contributed by atoms with van der Waals surface area (Å²) in [5.74, 6) is 0. The van der Waals surface area contributed by atoms with Gasteiger partial charge in [0.2, 0.25) is 0 Å². The molecule has 5 heteroatoms. The van der Waals surface area contributed by atoms with Crippen LogP contribution in [0.4, 0.5) is 18.9 Å². The third-order valence-electron chi connectivity index (χ3n) is 3.31. The van der Waals surface area contributed by atoms with Crippen molar-refractivity contribution in [3.8, 4) is 0 Å². The fraction of sp³-hybridized carbons (Fsp3) is 0.571. The third-order valence-corrected chi connectivity index (χ3v) is 3.31. The zero-order chi connectivity index (χ0) is 14.0. The molecule has 2 nitrogen and oxygen atoms in total. The van der Waals surface area contributed by atoms with E-state index in [1.807, 2.05) is 18.7 Å². The highest BCUT2D eigenvalue weighted by atomic mass is 19.4. The Labute approximate surface area is 111 Å². The average molecular weight is 272 g/mol. The first kappa shape index (κ1) is 14.2. The van der Waals surface area contributed by atoms with Gasteiger partial charge in [-0.3, -0.25) is 0 Å². The molecule has 1 fully saturated rings. The van der Waals surface area contributed by atoms with Gasteiger partial charge in [-0.05, 0) is 18.6 Å². The number of halogens is 3. The summed E-state index contributed by atoms with van der Waals surface area (Å²) in [4.78, 5) is 1.82. The van der Waals surface area contributed by atoms with E-state index >= 15 is 0 Å². The first-order valence-corrected chi connectivity index (χ1v) is 6.55. The van der Waals surface area contributed by atoms with E-state index in [0.717, 1.165) is 12.5 Å². The Bertz CT molecular complexity index is 429. The molecule has 2 rings (SSSR count). The maximum atomic E-state index is 13.0. The van der Waals surface area contributed by atoms with Crippen molar-refractivity contribution in [3.63, 3.8) is 0 Å². The first-order valence-electron chi connectivity index (χ1n) is 6.55. The van der Waals surface area contributed by atoms with Crippen LogP contribution in [0.2, 0.25) is 0 Å². The molecular weight excluding hydrogens is 253 g/mol. The second kappa shape index (κ2) is 5.41. The second-order valence-corrected chi connectivity index (χ2v) is 5.27. The normalized spacial score (nSPS) is 20.3. The summed E-state index contributed by atoms with van der Waals surface area (Å²) in [6, 6.07) is 6.42. The molecule has 0 spiro atoms. The van der Waals surface area contributed by atoms with Crippen molar-refractivity contribution in [2.24, 2.45) is 0 Å². The molecule has 1 aromatic carbocycles. The Balaban J connectivity index is 2.16. The zero-order valence-electron chi connectivity index (χ0n) is 11.2. The number of nitrogens with zero attached hydrogens (tertiary/aromatic N) is 1. The van der Waals surface area contributed by atoms with E-state index in [1.165, 1.54) is 6.07 Å². The predicted molar refractivity (Wildman–Crippen MR) is 70.3 cm³/mol. The highest BCUT2D eigenvalue weighted by Crippen LogP contribution is 2.37. The van der Waals surface area contributed by atoms with Crippen molar-refractivity contribution >= 4 is 5.69 Å². The lowest BCUT2D eigenvalue weighted by Gasteiger charge is -2.23. The molecule has 19 heavy (non-hydrogen) atoms. The molecule has 1 aliphatic heterocycles. The van der Waals surface area contributed by atoms with Crippen molar-refractivity contribution in [2.45, 2.75) is 38.5 Å². The summed E-state index contributed by atoms with van der Waals surface area (Å²) < 4.78 is 38.9. The molecule has 1 saturated heterocycles. The molecule has 0 aromatic heterocycles. The molecule has 1 aromatic rings. The molecule has 1 atom stereocenters. The van der Waals surface area contributed by atoms with Gasteiger partial charge in [0, 0.05) is 30.9 Å². The number of rotatable bonds is 3. The number of para-hydroxylation sites is 1. The summed E-state index contributed by atoms with van der Waals surface area (Å²) in [5, 5.41) is 3.38. The topological polar surface area (TPSA) is 15.3 Å².